The molecule has 2 aromatic rings. The number of ether oxygens (including phenoxy) is 3. The van der Waals surface area contributed by atoms with Gasteiger partial charge in [-0.1, -0.05) is 35.3 Å². The molecule has 2 saturated heterocycles. The molecule has 5 rings (SSSR count). The second-order valence-corrected chi connectivity index (χ2v) is 12.6. The summed E-state index contributed by atoms with van der Waals surface area (Å²) in [4.78, 5) is 30.1. The van der Waals surface area contributed by atoms with Crippen LogP contribution < -0.4 is 9.64 Å². The first-order valence-corrected chi connectivity index (χ1v) is 14.5. The summed E-state index contributed by atoms with van der Waals surface area (Å²) in [5.41, 5.74) is 3.92. The van der Waals surface area contributed by atoms with Gasteiger partial charge in [-0.3, -0.25) is 4.90 Å². The molecule has 3 aliphatic rings. The number of hydrogen-bond donors (Lipinski definition) is 0. The van der Waals surface area contributed by atoms with Crippen molar-refractivity contribution in [1.29, 1.82) is 0 Å². The Morgan fingerprint density at radius 3 is 2.30 bits per heavy atom. The average Bonchev–Trinajstić information content (AvgIpc) is 3.48. The van der Waals surface area contributed by atoms with E-state index in [4.69, 9.17) is 37.4 Å². The predicted molar refractivity (Wildman–Crippen MR) is 157 cm³/mol. The van der Waals surface area contributed by atoms with Crippen molar-refractivity contribution >= 4 is 46.5 Å². The fraction of sp³-hybridized carbons (Fsp3) is 0.484. The Balaban J connectivity index is 1.34. The van der Waals surface area contributed by atoms with E-state index in [0.29, 0.717) is 40.8 Å². The summed E-state index contributed by atoms with van der Waals surface area (Å²) in [6.45, 7) is 9.05. The monoisotopic (exact) mass is 586 g/mol. The second kappa shape index (κ2) is 11.2. The molecule has 0 unspecified atom stereocenters. The molecule has 1 amide bonds. The van der Waals surface area contributed by atoms with Crippen molar-refractivity contribution in [1.82, 2.24) is 4.90 Å². The number of rotatable bonds is 5. The highest BCUT2D eigenvalue weighted by atomic mass is 35.5. The number of benzene rings is 2. The second-order valence-electron chi connectivity index (χ2n) is 11.8. The standard InChI is InChI=1S/C31H36Cl2N2O5/c1-18-14-24(32)28(25(33)15-18)39-22-12-13-34(17-22)20-8-6-19(7-9-20)23-16-21-10-11-26(27(23)29(36)38-5)35(21)30(37)40-31(2,3)4/h6-9,14-15,21-22,26H,10-13,16-17H2,1-5H3/t21-,22+,26+/m0/s1. The number of carbonyl (C=O) groups excluding carboxylic acids is 2. The third-order valence-electron chi connectivity index (χ3n) is 7.76. The number of amides is 1. The van der Waals surface area contributed by atoms with Crippen LogP contribution in [0, 0.1) is 6.92 Å². The minimum Gasteiger partial charge on any atom is -0.485 e. The van der Waals surface area contributed by atoms with E-state index >= 15 is 0 Å². The Morgan fingerprint density at radius 2 is 1.68 bits per heavy atom. The minimum absolute atomic E-state index is 0.0140. The van der Waals surface area contributed by atoms with Crippen LogP contribution in [0.1, 0.15) is 57.6 Å². The van der Waals surface area contributed by atoms with E-state index in [0.717, 1.165) is 41.8 Å². The molecule has 0 spiro atoms. The first-order valence-electron chi connectivity index (χ1n) is 13.8. The Bertz CT molecular complexity index is 1310. The van der Waals surface area contributed by atoms with Gasteiger partial charge in [-0.2, -0.15) is 0 Å². The van der Waals surface area contributed by atoms with E-state index in [1.54, 1.807) is 4.90 Å². The highest BCUT2D eigenvalue weighted by molar-refractivity contribution is 6.37. The van der Waals surface area contributed by atoms with Gasteiger partial charge in [-0.05, 0) is 87.9 Å². The van der Waals surface area contributed by atoms with Gasteiger partial charge < -0.3 is 19.1 Å². The molecule has 40 heavy (non-hydrogen) atoms. The van der Waals surface area contributed by atoms with Crippen molar-refractivity contribution in [2.24, 2.45) is 0 Å². The SMILES string of the molecule is COC(=O)C1=C(c2ccc(N3CC[C@@H](Oc4c(Cl)cc(C)cc4Cl)C3)cc2)C[C@@H]2CC[C@H]1N2C(=O)OC(C)(C)C. The molecule has 0 N–H and O–H groups in total. The van der Waals surface area contributed by atoms with Gasteiger partial charge in [-0.25, -0.2) is 9.59 Å². The molecule has 3 atom stereocenters. The number of aryl methyl sites for hydroxylation is 1. The molecule has 2 bridgehead atoms. The number of hydrogen-bond acceptors (Lipinski definition) is 6. The molecule has 3 aliphatic heterocycles. The zero-order valence-electron chi connectivity index (χ0n) is 23.6. The van der Waals surface area contributed by atoms with Gasteiger partial charge in [0.25, 0.3) is 0 Å². The third-order valence-corrected chi connectivity index (χ3v) is 8.32. The van der Waals surface area contributed by atoms with Crippen molar-refractivity contribution in [3.63, 3.8) is 0 Å². The highest BCUT2D eigenvalue weighted by Gasteiger charge is 2.48. The first kappa shape index (κ1) is 28.6. The Hall–Kier alpha value is -2.90. The lowest BCUT2D eigenvalue weighted by Crippen LogP contribution is -2.48. The lowest BCUT2D eigenvalue weighted by Gasteiger charge is -2.38. The molecule has 214 valence electrons. The molecule has 9 heteroatoms. The Morgan fingerprint density at radius 1 is 1.00 bits per heavy atom. The van der Waals surface area contributed by atoms with E-state index in [2.05, 4.69) is 29.2 Å². The van der Waals surface area contributed by atoms with Gasteiger partial charge in [0.05, 0.1) is 35.3 Å². The number of fused-ring (bicyclic) bond motifs is 2. The molecule has 3 heterocycles. The first-order chi connectivity index (χ1) is 18.9. The van der Waals surface area contributed by atoms with E-state index in [1.165, 1.54) is 7.11 Å². The normalized spacial score (nSPS) is 22.5. The fourth-order valence-electron chi connectivity index (χ4n) is 6.05. The highest BCUT2D eigenvalue weighted by Crippen LogP contribution is 2.44. The maximum atomic E-state index is 13.1. The van der Waals surface area contributed by atoms with Crippen molar-refractivity contribution in [2.75, 3.05) is 25.1 Å². The van der Waals surface area contributed by atoms with Crippen LogP contribution in [0.2, 0.25) is 10.0 Å². The molecule has 0 radical (unpaired) electrons. The van der Waals surface area contributed by atoms with Crippen LogP contribution in [-0.2, 0) is 14.3 Å². The lowest BCUT2D eigenvalue weighted by atomic mass is 9.88. The van der Waals surface area contributed by atoms with Crippen LogP contribution in [-0.4, -0.2) is 61.0 Å². The number of nitrogens with zero attached hydrogens (tertiary/aromatic N) is 2. The van der Waals surface area contributed by atoms with Crippen molar-refractivity contribution in [3.05, 3.63) is 63.1 Å². The molecule has 2 fully saturated rings. The van der Waals surface area contributed by atoms with Gasteiger partial charge >= 0.3 is 12.1 Å². The summed E-state index contributed by atoms with van der Waals surface area (Å²) in [5, 5.41) is 1.04. The largest absolute Gasteiger partial charge is 0.485 e. The van der Waals surface area contributed by atoms with Gasteiger partial charge in [0.1, 0.15) is 11.7 Å². The minimum atomic E-state index is -0.611. The van der Waals surface area contributed by atoms with Crippen LogP contribution in [0.25, 0.3) is 5.57 Å². The van der Waals surface area contributed by atoms with Gasteiger partial charge in [-0.15, -0.1) is 0 Å². The molecule has 0 aliphatic carbocycles. The summed E-state index contributed by atoms with van der Waals surface area (Å²) < 4.78 is 17.1. The zero-order chi connectivity index (χ0) is 28.8. The summed E-state index contributed by atoms with van der Waals surface area (Å²) in [6, 6.07) is 11.6. The third kappa shape index (κ3) is 5.77. The van der Waals surface area contributed by atoms with E-state index < -0.39 is 11.6 Å². The molecule has 7 nitrogen and oxygen atoms in total. The Labute approximate surface area is 246 Å². The van der Waals surface area contributed by atoms with Crippen LogP contribution in [0.15, 0.2) is 42.0 Å². The number of methoxy groups -OCH3 is 1. The molecular formula is C31H36Cl2N2O5. The van der Waals surface area contributed by atoms with E-state index in [9.17, 15) is 9.59 Å². The van der Waals surface area contributed by atoms with Gasteiger partial charge in [0.2, 0.25) is 0 Å². The summed E-state index contributed by atoms with van der Waals surface area (Å²) in [6.07, 6.45) is 2.55. The number of anilines is 1. The molecule has 0 aromatic heterocycles. The zero-order valence-corrected chi connectivity index (χ0v) is 25.1. The van der Waals surface area contributed by atoms with E-state index in [1.807, 2.05) is 39.8 Å². The Kier molecular flexibility index (Phi) is 7.99. The van der Waals surface area contributed by atoms with Crippen LogP contribution in [0.4, 0.5) is 10.5 Å². The topological polar surface area (TPSA) is 68.3 Å². The molecular weight excluding hydrogens is 551 g/mol. The molecule has 0 saturated carbocycles. The number of halogens is 2. The quantitative estimate of drug-likeness (QED) is 0.349. The van der Waals surface area contributed by atoms with Crippen LogP contribution in [0.5, 0.6) is 5.75 Å². The summed E-state index contributed by atoms with van der Waals surface area (Å²) >= 11 is 12.8. The maximum absolute atomic E-state index is 13.1. The van der Waals surface area contributed by atoms with Gasteiger partial charge in [0, 0.05) is 24.7 Å². The average molecular weight is 588 g/mol. The number of esters is 1. The van der Waals surface area contributed by atoms with Crippen molar-refractivity contribution < 1.29 is 23.8 Å². The maximum Gasteiger partial charge on any atom is 0.411 e. The van der Waals surface area contributed by atoms with Gasteiger partial charge in [0.15, 0.2) is 5.75 Å². The van der Waals surface area contributed by atoms with Crippen molar-refractivity contribution in [3.8, 4) is 5.75 Å². The predicted octanol–water partition coefficient (Wildman–Crippen LogP) is 7.06. The molecule has 2 aromatic carbocycles. The summed E-state index contributed by atoms with van der Waals surface area (Å²) in [7, 11) is 1.39. The van der Waals surface area contributed by atoms with Crippen LogP contribution in [0.3, 0.4) is 0 Å². The van der Waals surface area contributed by atoms with Crippen molar-refractivity contribution in [2.45, 2.75) is 77.2 Å². The number of carbonyl (C=O) groups is 2. The smallest absolute Gasteiger partial charge is 0.411 e. The lowest BCUT2D eigenvalue weighted by molar-refractivity contribution is -0.136. The summed E-state index contributed by atoms with van der Waals surface area (Å²) in [5.74, 6) is 0.136. The fourth-order valence-corrected chi connectivity index (χ4v) is 6.73. The van der Waals surface area contributed by atoms with E-state index in [-0.39, 0.29) is 24.3 Å². The van der Waals surface area contributed by atoms with Crippen LogP contribution >= 0.6 is 23.2 Å².